The molecule has 1 aromatic carbocycles. The summed E-state index contributed by atoms with van der Waals surface area (Å²) in [5.41, 5.74) is 5.24. The van der Waals surface area contributed by atoms with E-state index in [9.17, 15) is 4.79 Å². The molecule has 2 saturated heterocycles. The van der Waals surface area contributed by atoms with Crippen molar-refractivity contribution in [3.8, 4) is 0 Å². The highest BCUT2D eigenvalue weighted by molar-refractivity contribution is 5.63. The molecule has 1 N–H and O–H groups in total. The van der Waals surface area contributed by atoms with E-state index in [4.69, 9.17) is 4.98 Å². The number of nitrogens with zero attached hydrogens (tertiary/aromatic N) is 4. The molecule has 170 valence electrons. The third-order valence-electron chi connectivity index (χ3n) is 8.61. The predicted octanol–water partition coefficient (Wildman–Crippen LogP) is 3.10. The molecule has 2 fully saturated rings. The number of aromatic nitrogens is 2. The normalized spacial score (nSPS) is 24.7. The molecule has 32 heavy (non-hydrogen) atoms. The zero-order valence-electron chi connectivity index (χ0n) is 19.3. The van der Waals surface area contributed by atoms with Crippen molar-refractivity contribution in [2.75, 3.05) is 49.6 Å². The van der Waals surface area contributed by atoms with Crippen molar-refractivity contribution >= 4 is 11.6 Å². The molecular formula is C26H35N5O. The van der Waals surface area contributed by atoms with Crippen molar-refractivity contribution in [2.24, 2.45) is 0 Å². The molecule has 0 saturated carbocycles. The monoisotopic (exact) mass is 433 g/mol. The van der Waals surface area contributed by atoms with E-state index < -0.39 is 0 Å². The lowest BCUT2D eigenvalue weighted by Crippen LogP contribution is -2.47. The summed E-state index contributed by atoms with van der Waals surface area (Å²) >= 11 is 0. The summed E-state index contributed by atoms with van der Waals surface area (Å²) in [5.74, 6) is 0.793. The fourth-order valence-electron chi connectivity index (χ4n) is 6.67. The van der Waals surface area contributed by atoms with E-state index in [0.29, 0.717) is 6.04 Å². The smallest absolute Gasteiger partial charge is 0.255 e. The lowest BCUT2D eigenvalue weighted by molar-refractivity contribution is 0.301. The minimum absolute atomic E-state index is 0.0862. The zero-order chi connectivity index (χ0) is 21.7. The van der Waals surface area contributed by atoms with Gasteiger partial charge < -0.3 is 14.7 Å². The minimum Gasteiger partial charge on any atom is -0.369 e. The molecule has 1 aliphatic carbocycles. The molecule has 0 radical (unpaired) electrons. The first kappa shape index (κ1) is 20.3. The standard InChI is InChI=1S/C26H35N5O/c1-29-14-6-7-19(29)17-31-18-26(21-9-3-5-11-23(21)31)12-15-30(16-13-26)25-27-22-10-4-2-8-20(22)24(32)28-25/h3,5,9,11,19H,2,4,6-8,10,12-18H2,1H3,(H,27,28,32)/t19-/m0/s1. The number of hydrogen-bond donors (Lipinski definition) is 1. The maximum atomic E-state index is 12.6. The lowest BCUT2D eigenvalue weighted by atomic mass is 9.74. The maximum Gasteiger partial charge on any atom is 0.255 e. The summed E-state index contributed by atoms with van der Waals surface area (Å²) < 4.78 is 0. The molecule has 0 amide bonds. The van der Waals surface area contributed by atoms with Gasteiger partial charge in [0.05, 0.1) is 5.69 Å². The van der Waals surface area contributed by atoms with Gasteiger partial charge in [0, 0.05) is 48.9 Å². The minimum atomic E-state index is 0.0862. The maximum absolute atomic E-state index is 12.6. The van der Waals surface area contributed by atoms with E-state index >= 15 is 0 Å². The van der Waals surface area contributed by atoms with Crippen LogP contribution < -0.4 is 15.4 Å². The van der Waals surface area contributed by atoms with E-state index in [1.807, 2.05) is 0 Å². The van der Waals surface area contributed by atoms with Crippen molar-refractivity contribution in [1.82, 2.24) is 14.9 Å². The van der Waals surface area contributed by atoms with E-state index in [1.165, 1.54) is 30.6 Å². The SMILES string of the molecule is CN1CCC[C@H]1CN1CC2(CCN(c3nc4c(c(=O)[nH]3)CCCC4)CC2)c2ccccc21. The van der Waals surface area contributed by atoms with E-state index in [1.54, 1.807) is 0 Å². The van der Waals surface area contributed by atoms with Gasteiger partial charge >= 0.3 is 0 Å². The quantitative estimate of drug-likeness (QED) is 0.806. The van der Waals surface area contributed by atoms with Crippen molar-refractivity contribution in [3.05, 3.63) is 51.4 Å². The van der Waals surface area contributed by atoms with Crippen LogP contribution in [0.2, 0.25) is 0 Å². The van der Waals surface area contributed by atoms with Crippen LogP contribution in [0.1, 0.15) is 55.3 Å². The number of anilines is 2. The fraction of sp³-hybridized carbons (Fsp3) is 0.615. The Bertz CT molecular complexity index is 1050. The first-order valence-corrected chi connectivity index (χ1v) is 12.5. The molecule has 0 bridgehead atoms. The van der Waals surface area contributed by atoms with Gasteiger partial charge in [0.25, 0.3) is 5.56 Å². The number of hydrogen-bond acceptors (Lipinski definition) is 5. The highest BCUT2D eigenvalue weighted by atomic mass is 16.1. The number of rotatable bonds is 3. The van der Waals surface area contributed by atoms with Crippen molar-refractivity contribution in [1.29, 1.82) is 0 Å². The Morgan fingerprint density at radius 1 is 1.09 bits per heavy atom. The number of benzene rings is 1. The number of nitrogens with one attached hydrogen (secondary N) is 1. The van der Waals surface area contributed by atoms with Crippen LogP contribution in [0.5, 0.6) is 0 Å². The Labute approximate surface area is 190 Å². The van der Waals surface area contributed by atoms with Gasteiger partial charge in [-0.3, -0.25) is 9.78 Å². The summed E-state index contributed by atoms with van der Waals surface area (Å²) in [5, 5.41) is 0. The number of para-hydroxylation sites is 1. The Hall–Kier alpha value is -2.34. The first-order valence-electron chi connectivity index (χ1n) is 12.5. The number of likely N-dealkylation sites (N-methyl/N-ethyl adjacent to an activating group) is 1. The molecule has 6 heteroatoms. The second-order valence-corrected chi connectivity index (χ2v) is 10.5. The lowest BCUT2D eigenvalue weighted by Gasteiger charge is -2.40. The second-order valence-electron chi connectivity index (χ2n) is 10.5. The topological polar surface area (TPSA) is 55.5 Å². The van der Waals surface area contributed by atoms with Crippen molar-refractivity contribution in [2.45, 2.75) is 62.8 Å². The van der Waals surface area contributed by atoms with Gasteiger partial charge in [0.2, 0.25) is 5.95 Å². The molecular weight excluding hydrogens is 398 g/mol. The molecule has 1 spiro atoms. The van der Waals surface area contributed by atoms with Crippen LogP contribution in [0.15, 0.2) is 29.1 Å². The molecule has 2 aromatic rings. The summed E-state index contributed by atoms with van der Waals surface area (Å²) in [4.78, 5) is 28.2. The number of aryl methyl sites for hydroxylation is 1. The van der Waals surface area contributed by atoms with Gasteiger partial charge in [0.15, 0.2) is 0 Å². The third kappa shape index (κ3) is 3.35. The van der Waals surface area contributed by atoms with Gasteiger partial charge in [-0.15, -0.1) is 0 Å². The Balaban J connectivity index is 1.22. The Morgan fingerprint density at radius 3 is 2.72 bits per heavy atom. The van der Waals surface area contributed by atoms with E-state index in [2.05, 4.69) is 51.0 Å². The summed E-state index contributed by atoms with van der Waals surface area (Å²) in [6.07, 6.45) is 8.94. The third-order valence-corrected chi connectivity index (χ3v) is 8.61. The highest BCUT2D eigenvalue weighted by Crippen LogP contribution is 2.47. The average Bonchev–Trinajstić information content (AvgIpc) is 3.36. The molecule has 1 aromatic heterocycles. The number of likely N-dealkylation sites (tertiary alicyclic amines) is 1. The van der Waals surface area contributed by atoms with Crippen LogP contribution in [0.25, 0.3) is 0 Å². The van der Waals surface area contributed by atoms with Crippen LogP contribution in [0.4, 0.5) is 11.6 Å². The predicted molar refractivity (Wildman–Crippen MR) is 129 cm³/mol. The van der Waals surface area contributed by atoms with Crippen molar-refractivity contribution < 1.29 is 0 Å². The molecule has 1 atom stereocenters. The van der Waals surface area contributed by atoms with Crippen LogP contribution in [-0.2, 0) is 18.3 Å². The summed E-state index contributed by atoms with van der Waals surface area (Å²) in [7, 11) is 2.28. The summed E-state index contributed by atoms with van der Waals surface area (Å²) in [6.45, 7) is 5.39. The summed E-state index contributed by atoms with van der Waals surface area (Å²) in [6, 6.07) is 9.76. The van der Waals surface area contributed by atoms with Crippen LogP contribution in [-0.4, -0.2) is 60.7 Å². The number of H-pyrrole nitrogens is 1. The molecule has 3 aliphatic heterocycles. The van der Waals surface area contributed by atoms with Crippen LogP contribution >= 0.6 is 0 Å². The van der Waals surface area contributed by atoms with Crippen molar-refractivity contribution in [3.63, 3.8) is 0 Å². The molecule has 6 rings (SSSR count). The Morgan fingerprint density at radius 2 is 1.91 bits per heavy atom. The zero-order valence-corrected chi connectivity index (χ0v) is 19.3. The molecule has 6 nitrogen and oxygen atoms in total. The number of fused-ring (bicyclic) bond motifs is 3. The van der Waals surface area contributed by atoms with Gasteiger partial charge in [0.1, 0.15) is 0 Å². The number of aromatic amines is 1. The molecule has 4 heterocycles. The van der Waals surface area contributed by atoms with E-state index in [-0.39, 0.29) is 11.0 Å². The van der Waals surface area contributed by atoms with Gasteiger partial charge in [-0.2, -0.15) is 0 Å². The fourth-order valence-corrected chi connectivity index (χ4v) is 6.67. The van der Waals surface area contributed by atoms with Gasteiger partial charge in [-0.1, -0.05) is 18.2 Å². The average molecular weight is 434 g/mol. The van der Waals surface area contributed by atoms with Gasteiger partial charge in [-0.25, -0.2) is 4.98 Å². The second kappa shape index (κ2) is 7.91. The molecule has 4 aliphatic rings. The van der Waals surface area contributed by atoms with E-state index in [0.717, 1.165) is 81.9 Å². The van der Waals surface area contributed by atoms with Crippen LogP contribution in [0, 0.1) is 0 Å². The van der Waals surface area contributed by atoms with Crippen LogP contribution in [0.3, 0.4) is 0 Å². The molecule has 0 unspecified atom stereocenters. The Kier molecular flexibility index (Phi) is 5.01. The van der Waals surface area contributed by atoms with Gasteiger partial charge in [-0.05, 0) is 76.6 Å². The number of piperidine rings is 1. The first-order chi connectivity index (χ1) is 15.6. The largest absolute Gasteiger partial charge is 0.369 e. The highest BCUT2D eigenvalue weighted by Gasteiger charge is 2.45.